The van der Waals surface area contributed by atoms with Crippen molar-refractivity contribution in [1.29, 1.82) is 0 Å². The van der Waals surface area contributed by atoms with Crippen LogP contribution in [0, 0.1) is 13.8 Å². The van der Waals surface area contributed by atoms with Crippen molar-refractivity contribution in [2.45, 2.75) is 13.8 Å². The third kappa shape index (κ3) is 1.15. The molecule has 0 spiro atoms. The summed E-state index contributed by atoms with van der Waals surface area (Å²) in [6, 6.07) is 6.08. The fourth-order valence-electron chi connectivity index (χ4n) is 1.61. The van der Waals surface area contributed by atoms with Crippen molar-refractivity contribution >= 4 is 16.6 Å². The Morgan fingerprint density at radius 2 is 2.00 bits per heavy atom. The Morgan fingerprint density at radius 1 is 1.23 bits per heavy atom. The highest BCUT2D eigenvalue weighted by Crippen LogP contribution is 2.25. The molecule has 0 fully saturated rings. The molecule has 0 saturated carbocycles. The Hall–Kier alpha value is -1.57. The van der Waals surface area contributed by atoms with E-state index in [1.807, 2.05) is 19.1 Å². The first-order chi connectivity index (χ1) is 6.20. The van der Waals surface area contributed by atoms with Gasteiger partial charge in [0, 0.05) is 11.6 Å². The Bertz CT molecular complexity index is 461. The number of pyridine rings is 1. The summed E-state index contributed by atoms with van der Waals surface area (Å²) in [6.45, 7) is 4.09. The van der Waals surface area contributed by atoms with Crippen molar-refractivity contribution in [2.24, 2.45) is 0 Å². The summed E-state index contributed by atoms with van der Waals surface area (Å²) in [4.78, 5) is 4.28. The largest absolute Gasteiger partial charge is 0.397 e. The number of nitrogens with zero attached hydrogens (tertiary/aromatic N) is 1. The summed E-state index contributed by atoms with van der Waals surface area (Å²) in [5.74, 6) is 0. The number of hydrogen-bond acceptors (Lipinski definition) is 2. The van der Waals surface area contributed by atoms with Gasteiger partial charge in [-0.1, -0.05) is 12.1 Å². The smallest absolute Gasteiger partial charge is 0.0936 e. The molecule has 1 aromatic heterocycles. The Kier molecular flexibility index (Phi) is 1.69. The highest BCUT2D eigenvalue weighted by atomic mass is 14.7. The monoisotopic (exact) mass is 172 g/mol. The molecule has 2 aromatic rings. The van der Waals surface area contributed by atoms with Gasteiger partial charge in [-0.2, -0.15) is 0 Å². The zero-order valence-corrected chi connectivity index (χ0v) is 7.83. The first kappa shape index (κ1) is 8.05. The van der Waals surface area contributed by atoms with Gasteiger partial charge in [0.1, 0.15) is 0 Å². The fourth-order valence-corrected chi connectivity index (χ4v) is 1.61. The van der Waals surface area contributed by atoms with Crippen molar-refractivity contribution < 1.29 is 0 Å². The first-order valence-electron chi connectivity index (χ1n) is 4.30. The van der Waals surface area contributed by atoms with Crippen molar-refractivity contribution in [3.05, 3.63) is 35.5 Å². The lowest BCUT2D eigenvalue weighted by atomic mass is 10.0. The van der Waals surface area contributed by atoms with Gasteiger partial charge >= 0.3 is 0 Å². The van der Waals surface area contributed by atoms with E-state index < -0.39 is 0 Å². The lowest BCUT2D eigenvalue weighted by Gasteiger charge is -2.07. The third-order valence-corrected chi connectivity index (χ3v) is 2.35. The number of rotatable bonds is 0. The SMILES string of the molecule is Cc1cc(C)c2cccnc2c1N. The molecule has 13 heavy (non-hydrogen) atoms. The summed E-state index contributed by atoms with van der Waals surface area (Å²) >= 11 is 0. The van der Waals surface area contributed by atoms with Crippen LogP contribution in [-0.4, -0.2) is 4.98 Å². The highest BCUT2D eigenvalue weighted by molar-refractivity contribution is 5.93. The topological polar surface area (TPSA) is 38.9 Å². The van der Waals surface area contributed by atoms with E-state index in [4.69, 9.17) is 5.73 Å². The number of benzene rings is 1. The lowest BCUT2D eigenvalue weighted by Crippen LogP contribution is -1.94. The quantitative estimate of drug-likeness (QED) is 0.620. The number of nitrogens with two attached hydrogens (primary N) is 1. The standard InChI is InChI=1S/C11H12N2/c1-7-6-8(2)10(12)11-9(7)4-3-5-13-11/h3-6H,12H2,1-2H3. The maximum Gasteiger partial charge on any atom is 0.0936 e. The van der Waals surface area contributed by atoms with Crippen molar-refractivity contribution in [1.82, 2.24) is 4.98 Å². The van der Waals surface area contributed by atoms with E-state index >= 15 is 0 Å². The van der Waals surface area contributed by atoms with Crippen LogP contribution in [0.25, 0.3) is 10.9 Å². The van der Waals surface area contributed by atoms with Crippen LogP contribution in [0.2, 0.25) is 0 Å². The lowest BCUT2D eigenvalue weighted by molar-refractivity contribution is 1.36. The molecule has 0 saturated heterocycles. The zero-order chi connectivity index (χ0) is 9.42. The second-order valence-electron chi connectivity index (χ2n) is 3.32. The molecule has 2 heteroatoms. The molecule has 0 radical (unpaired) electrons. The van der Waals surface area contributed by atoms with Gasteiger partial charge in [-0.3, -0.25) is 4.98 Å². The van der Waals surface area contributed by atoms with Crippen molar-refractivity contribution in [3.8, 4) is 0 Å². The van der Waals surface area contributed by atoms with Gasteiger partial charge in [0.15, 0.2) is 0 Å². The van der Waals surface area contributed by atoms with Crippen molar-refractivity contribution in [2.75, 3.05) is 5.73 Å². The summed E-state index contributed by atoms with van der Waals surface area (Å²) in [5, 5.41) is 1.14. The van der Waals surface area contributed by atoms with E-state index in [-0.39, 0.29) is 0 Å². The van der Waals surface area contributed by atoms with Crippen LogP contribution in [0.3, 0.4) is 0 Å². The Balaban J connectivity index is 2.97. The van der Waals surface area contributed by atoms with E-state index in [1.165, 1.54) is 5.56 Å². The normalized spacial score (nSPS) is 10.6. The minimum absolute atomic E-state index is 0.793. The molecule has 0 unspecified atom stereocenters. The molecule has 0 amide bonds. The molecule has 66 valence electrons. The van der Waals surface area contributed by atoms with E-state index in [0.717, 1.165) is 22.2 Å². The molecule has 0 aliphatic carbocycles. The van der Waals surface area contributed by atoms with Crippen LogP contribution < -0.4 is 5.73 Å². The molecule has 1 heterocycles. The van der Waals surface area contributed by atoms with Gasteiger partial charge in [0.2, 0.25) is 0 Å². The molecular formula is C11H12N2. The molecule has 0 aliphatic rings. The minimum Gasteiger partial charge on any atom is -0.397 e. The molecule has 0 aliphatic heterocycles. The van der Waals surface area contributed by atoms with Gasteiger partial charge in [0.25, 0.3) is 0 Å². The third-order valence-electron chi connectivity index (χ3n) is 2.35. The van der Waals surface area contributed by atoms with Gasteiger partial charge in [-0.25, -0.2) is 0 Å². The molecular weight excluding hydrogens is 160 g/mol. The maximum absolute atomic E-state index is 5.92. The average Bonchev–Trinajstić information content (AvgIpc) is 2.15. The van der Waals surface area contributed by atoms with E-state index in [0.29, 0.717) is 0 Å². The Morgan fingerprint density at radius 3 is 2.77 bits per heavy atom. The van der Waals surface area contributed by atoms with E-state index in [2.05, 4.69) is 18.0 Å². The van der Waals surface area contributed by atoms with Gasteiger partial charge in [-0.05, 0) is 31.0 Å². The summed E-state index contributed by atoms with van der Waals surface area (Å²) in [6.07, 6.45) is 1.78. The van der Waals surface area contributed by atoms with Gasteiger partial charge in [-0.15, -0.1) is 0 Å². The highest BCUT2D eigenvalue weighted by Gasteiger charge is 2.04. The Labute approximate surface area is 77.4 Å². The summed E-state index contributed by atoms with van der Waals surface area (Å²) in [7, 11) is 0. The van der Waals surface area contributed by atoms with Crippen LogP contribution in [0.1, 0.15) is 11.1 Å². The second-order valence-corrected chi connectivity index (χ2v) is 3.32. The molecule has 0 atom stereocenters. The average molecular weight is 172 g/mol. The van der Waals surface area contributed by atoms with Crippen molar-refractivity contribution in [3.63, 3.8) is 0 Å². The molecule has 2 rings (SSSR count). The molecule has 2 N–H and O–H groups in total. The number of aryl methyl sites for hydroxylation is 2. The van der Waals surface area contributed by atoms with Gasteiger partial charge in [0.05, 0.1) is 11.2 Å². The minimum atomic E-state index is 0.793. The zero-order valence-electron chi connectivity index (χ0n) is 7.83. The van der Waals surface area contributed by atoms with Crippen LogP contribution >= 0.6 is 0 Å². The summed E-state index contributed by atoms with van der Waals surface area (Å²) < 4.78 is 0. The molecule has 1 aromatic carbocycles. The van der Waals surface area contributed by atoms with E-state index in [9.17, 15) is 0 Å². The predicted octanol–water partition coefficient (Wildman–Crippen LogP) is 2.43. The van der Waals surface area contributed by atoms with Crippen LogP contribution in [0.4, 0.5) is 5.69 Å². The first-order valence-corrected chi connectivity index (χ1v) is 4.30. The second kappa shape index (κ2) is 2.73. The number of anilines is 1. The summed E-state index contributed by atoms with van der Waals surface area (Å²) in [5.41, 5.74) is 9.97. The molecule has 0 bridgehead atoms. The van der Waals surface area contributed by atoms with Crippen LogP contribution in [0.15, 0.2) is 24.4 Å². The van der Waals surface area contributed by atoms with Crippen LogP contribution in [-0.2, 0) is 0 Å². The van der Waals surface area contributed by atoms with E-state index in [1.54, 1.807) is 6.20 Å². The number of fused-ring (bicyclic) bond motifs is 1. The molecule has 2 nitrogen and oxygen atoms in total. The number of hydrogen-bond donors (Lipinski definition) is 1. The van der Waals surface area contributed by atoms with Gasteiger partial charge < -0.3 is 5.73 Å². The predicted molar refractivity (Wildman–Crippen MR) is 55.6 cm³/mol. The number of aromatic nitrogens is 1. The maximum atomic E-state index is 5.92. The fraction of sp³-hybridized carbons (Fsp3) is 0.182. The van der Waals surface area contributed by atoms with Crippen LogP contribution in [0.5, 0.6) is 0 Å². The number of nitrogen functional groups attached to an aromatic ring is 1.